The van der Waals surface area contributed by atoms with Crippen molar-refractivity contribution in [3.8, 4) is 11.3 Å². The van der Waals surface area contributed by atoms with E-state index in [1.807, 2.05) is 6.20 Å². The van der Waals surface area contributed by atoms with Crippen LogP contribution in [0.25, 0.3) is 11.3 Å². The first-order chi connectivity index (χ1) is 9.85. The third kappa shape index (κ3) is 2.02. The highest BCUT2D eigenvalue weighted by Crippen LogP contribution is 2.45. The molecule has 2 aromatic rings. The second kappa shape index (κ2) is 4.66. The Bertz CT molecular complexity index is 600. The smallest absolute Gasteiger partial charge is 0.0919 e. The highest BCUT2D eigenvalue weighted by atomic mass is 16.3. The van der Waals surface area contributed by atoms with Gasteiger partial charge in [-0.1, -0.05) is 0 Å². The topological polar surface area (TPSA) is 63.8 Å². The molecule has 0 bridgehead atoms. The molecule has 4 rings (SSSR count). The molecule has 20 heavy (non-hydrogen) atoms. The van der Waals surface area contributed by atoms with Gasteiger partial charge < -0.3 is 5.11 Å². The van der Waals surface area contributed by atoms with Gasteiger partial charge in [0.05, 0.1) is 23.6 Å². The second-order valence-corrected chi connectivity index (χ2v) is 5.95. The predicted octanol–water partition coefficient (Wildman–Crippen LogP) is 2.16. The van der Waals surface area contributed by atoms with E-state index in [9.17, 15) is 0 Å². The summed E-state index contributed by atoms with van der Waals surface area (Å²) in [6.45, 7) is 0.296. The first-order valence-electron chi connectivity index (χ1n) is 7.31. The average molecular weight is 270 g/mol. The zero-order valence-electron chi connectivity index (χ0n) is 11.3. The van der Waals surface area contributed by atoms with E-state index in [2.05, 4.69) is 20.8 Å². The fourth-order valence-corrected chi connectivity index (χ4v) is 2.95. The van der Waals surface area contributed by atoms with Crippen LogP contribution >= 0.6 is 0 Å². The van der Waals surface area contributed by atoms with Crippen LogP contribution in [-0.2, 0) is 0 Å². The lowest BCUT2D eigenvalue weighted by Crippen LogP contribution is -2.29. The van der Waals surface area contributed by atoms with Gasteiger partial charge in [-0.2, -0.15) is 5.10 Å². The molecule has 0 aliphatic heterocycles. The van der Waals surface area contributed by atoms with Crippen LogP contribution in [0, 0.1) is 5.92 Å². The van der Waals surface area contributed by atoms with E-state index in [0.29, 0.717) is 24.5 Å². The van der Waals surface area contributed by atoms with Crippen molar-refractivity contribution in [2.24, 2.45) is 5.92 Å². The molecule has 2 aliphatic rings. The zero-order chi connectivity index (χ0) is 13.5. The molecule has 5 heteroatoms. The van der Waals surface area contributed by atoms with Gasteiger partial charge in [-0.05, 0) is 31.6 Å². The van der Waals surface area contributed by atoms with Crippen molar-refractivity contribution < 1.29 is 5.11 Å². The molecule has 1 N–H and O–H groups in total. The minimum absolute atomic E-state index is 0.296. The third-order valence-electron chi connectivity index (χ3n) is 4.41. The summed E-state index contributed by atoms with van der Waals surface area (Å²) in [5.41, 5.74) is 3.23. The molecule has 2 aliphatic carbocycles. The number of aliphatic hydroxyl groups excluding tert-OH is 1. The maximum absolute atomic E-state index is 9.14. The van der Waals surface area contributed by atoms with Gasteiger partial charge in [-0.3, -0.25) is 14.6 Å². The molecule has 0 radical (unpaired) electrons. The molecule has 0 amide bonds. The summed E-state index contributed by atoms with van der Waals surface area (Å²) >= 11 is 0. The number of nitrogens with zero attached hydrogens (tertiary/aromatic N) is 4. The Labute approximate surface area is 117 Å². The molecule has 2 saturated carbocycles. The molecule has 2 aromatic heterocycles. The van der Waals surface area contributed by atoms with Crippen LogP contribution in [0.15, 0.2) is 24.8 Å². The largest absolute Gasteiger partial charge is 0.396 e. The highest BCUT2D eigenvalue weighted by molar-refractivity contribution is 5.61. The summed E-state index contributed by atoms with van der Waals surface area (Å²) in [4.78, 5) is 8.57. The standard InChI is InChI=1S/C15H18N4O/c20-9-10-5-12(6-10)19-8-13(14-7-16-3-4-17-14)15(18-19)11-1-2-11/h3-4,7-8,10-12,20H,1-2,5-6,9H2. The number of hydrogen-bond acceptors (Lipinski definition) is 4. The van der Waals surface area contributed by atoms with Crippen molar-refractivity contribution in [3.05, 3.63) is 30.5 Å². The summed E-state index contributed by atoms with van der Waals surface area (Å²) in [7, 11) is 0. The lowest BCUT2D eigenvalue weighted by atomic mass is 9.81. The van der Waals surface area contributed by atoms with E-state index in [1.54, 1.807) is 12.4 Å². The maximum Gasteiger partial charge on any atom is 0.0919 e. The van der Waals surface area contributed by atoms with Gasteiger partial charge in [0.25, 0.3) is 0 Å². The van der Waals surface area contributed by atoms with E-state index in [-0.39, 0.29) is 0 Å². The quantitative estimate of drug-likeness (QED) is 0.924. The van der Waals surface area contributed by atoms with Crippen molar-refractivity contribution in [1.29, 1.82) is 0 Å². The van der Waals surface area contributed by atoms with Crippen LogP contribution in [0.1, 0.15) is 43.3 Å². The Balaban J connectivity index is 1.66. The Morgan fingerprint density at radius 3 is 2.75 bits per heavy atom. The molecular formula is C15H18N4O. The number of rotatable bonds is 4. The van der Waals surface area contributed by atoms with Crippen LogP contribution in [0.3, 0.4) is 0 Å². The summed E-state index contributed by atoms with van der Waals surface area (Å²) < 4.78 is 2.09. The Morgan fingerprint density at radius 1 is 1.25 bits per heavy atom. The maximum atomic E-state index is 9.14. The molecule has 104 valence electrons. The fraction of sp³-hybridized carbons (Fsp3) is 0.533. The molecule has 2 fully saturated rings. The fourth-order valence-electron chi connectivity index (χ4n) is 2.95. The molecule has 0 atom stereocenters. The minimum atomic E-state index is 0.296. The van der Waals surface area contributed by atoms with E-state index in [1.165, 1.54) is 18.5 Å². The molecular weight excluding hydrogens is 252 g/mol. The van der Waals surface area contributed by atoms with Crippen LogP contribution in [0.2, 0.25) is 0 Å². The van der Waals surface area contributed by atoms with Crippen LogP contribution in [0.4, 0.5) is 0 Å². The van der Waals surface area contributed by atoms with Crippen molar-refractivity contribution in [2.75, 3.05) is 6.61 Å². The summed E-state index contributed by atoms with van der Waals surface area (Å²) in [5.74, 6) is 1.05. The molecule has 0 unspecified atom stereocenters. The lowest BCUT2D eigenvalue weighted by Gasteiger charge is -2.34. The molecule has 0 aromatic carbocycles. The molecule has 2 heterocycles. The Kier molecular flexibility index (Phi) is 2.80. The van der Waals surface area contributed by atoms with Crippen LogP contribution in [-0.4, -0.2) is 31.5 Å². The molecule has 0 spiro atoms. The van der Waals surface area contributed by atoms with Gasteiger partial charge in [0.2, 0.25) is 0 Å². The van der Waals surface area contributed by atoms with Gasteiger partial charge in [-0.25, -0.2) is 0 Å². The van der Waals surface area contributed by atoms with Crippen LogP contribution in [0.5, 0.6) is 0 Å². The van der Waals surface area contributed by atoms with Gasteiger partial charge in [0.1, 0.15) is 0 Å². The van der Waals surface area contributed by atoms with Crippen LogP contribution < -0.4 is 0 Å². The van der Waals surface area contributed by atoms with E-state index in [4.69, 9.17) is 10.2 Å². The highest BCUT2D eigenvalue weighted by Gasteiger charge is 2.34. The second-order valence-electron chi connectivity index (χ2n) is 5.95. The SMILES string of the molecule is OCC1CC(n2cc(-c3cnccn3)c(C3CC3)n2)C1. The third-order valence-corrected chi connectivity index (χ3v) is 4.41. The van der Waals surface area contributed by atoms with Gasteiger partial charge >= 0.3 is 0 Å². The van der Waals surface area contributed by atoms with E-state index in [0.717, 1.165) is 24.1 Å². The van der Waals surface area contributed by atoms with Gasteiger partial charge in [0.15, 0.2) is 0 Å². The van der Waals surface area contributed by atoms with Gasteiger partial charge in [-0.15, -0.1) is 0 Å². The monoisotopic (exact) mass is 270 g/mol. The predicted molar refractivity (Wildman–Crippen MR) is 74.1 cm³/mol. The van der Waals surface area contributed by atoms with Crippen molar-refractivity contribution in [3.63, 3.8) is 0 Å². The first-order valence-corrected chi connectivity index (χ1v) is 7.31. The summed E-state index contributed by atoms with van der Waals surface area (Å²) in [5, 5.41) is 13.9. The first kappa shape index (κ1) is 12.0. The Morgan fingerprint density at radius 2 is 2.10 bits per heavy atom. The number of aliphatic hydroxyl groups is 1. The number of aromatic nitrogens is 4. The Hall–Kier alpha value is -1.75. The van der Waals surface area contributed by atoms with E-state index >= 15 is 0 Å². The summed E-state index contributed by atoms with van der Waals surface area (Å²) in [6, 6.07) is 0.440. The lowest BCUT2D eigenvalue weighted by molar-refractivity contribution is 0.105. The summed E-state index contributed by atoms with van der Waals surface area (Å²) in [6.07, 6.45) is 11.9. The molecule has 5 nitrogen and oxygen atoms in total. The zero-order valence-corrected chi connectivity index (χ0v) is 11.3. The minimum Gasteiger partial charge on any atom is -0.396 e. The number of hydrogen-bond donors (Lipinski definition) is 1. The van der Waals surface area contributed by atoms with Crippen molar-refractivity contribution in [2.45, 2.75) is 37.6 Å². The van der Waals surface area contributed by atoms with Gasteiger partial charge in [0, 0.05) is 36.7 Å². The van der Waals surface area contributed by atoms with Crippen molar-refractivity contribution >= 4 is 0 Å². The average Bonchev–Trinajstić information content (AvgIpc) is 3.19. The van der Waals surface area contributed by atoms with E-state index < -0.39 is 0 Å². The normalized spacial score (nSPS) is 25.4. The van der Waals surface area contributed by atoms with Crippen molar-refractivity contribution in [1.82, 2.24) is 19.7 Å². The molecule has 0 saturated heterocycles.